The summed E-state index contributed by atoms with van der Waals surface area (Å²) in [6.45, 7) is 20.3. The molecule has 2 N–H and O–H groups in total. The van der Waals surface area contributed by atoms with E-state index in [0.29, 0.717) is 0 Å². The summed E-state index contributed by atoms with van der Waals surface area (Å²) in [5, 5.41) is 22.2. The van der Waals surface area contributed by atoms with E-state index in [1.54, 1.807) is 0 Å². The zero-order valence-electron chi connectivity index (χ0n) is 23.9. The lowest BCUT2D eigenvalue weighted by Gasteiger charge is -2.19. The largest absolute Gasteiger partial charge is 0.507 e. The normalized spacial score (nSPS) is 10.8. The van der Waals surface area contributed by atoms with Crippen molar-refractivity contribution in [3.8, 4) is 45.4 Å². The van der Waals surface area contributed by atoms with Crippen LogP contribution in [0.3, 0.4) is 0 Å². The highest BCUT2D eigenvalue weighted by Gasteiger charge is 2.20. The number of hydrogen-bond acceptors (Lipinski definition) is 4. The second kappa shape index (κ2) is 11.9. The number of aryl methyl sites for hydroxylation is 2. The summed E-state index contributed by atoms with van der Waals surface area (Å²) in [6.07, 6.45) is 0. The molecule has 0 aliphatic carbocycles. The second-order valence-electron chi connectivity index (χ2n) is 10.3. The maximum absolute atomic E-state index is 11.1. The molecule has 4 nitrogen and oxygen atoms in total. The standard InChI is InChI=1S/C32H36N2O2.I2/c1-15-11-25(33-27(13-15)29-21(7)17(3)19(5)23(9)31(29)35)26-12-16(2)14-28(34-26)30-22(8)18(4)20(6)24(10)32(30)36;1-2/h11-14,35-36H,1-10H3;. The molecule has 0 saturated heterocycles. The summed E-state index contributed by atoms with van der Waals surface area (Å²) in [5.41, 5.74) is 14.9. The van der Waals surface area contributed by atoms with Gasteiger partial charge in [-0.15, -0.1) is 0 Å². The van der Waals surface area contributed by atoms with Crippen molar-refractivity contribution in [3.05, 3.63) is 79.9 Å². The van der Waals surface area contributed by atoms with Gasteiger partial charge >= 0.3 is 0 Å². The molecule has 6 heteroatoms. The summed E-state index contributed by atoms with van der Waals surface area (Å²) >= 11 is 4.24. The Morgan fingerprint density at radius 3 is 1.00 bits per heavy atom. The van der Waals surface area contributed by atoms with Gasteiger partial charge in [0, 0.05) is 48.4 Å². The summed E-state index contributed by atoms with van der Waals surface area (Å²) in [7, 11) is 0. The van der Waals surface area contributed by atoms with E-state index in [9.17, 15) is 10.2 Å². The molecular weight excluding hydrogens is 698 g/mol. The number of phenolic OH excluding ortho intramolecular Hbond substituents is 2. The van der Waals surface area contributed by atoms with Crippen LogP contribution in [-0.4, -0.2) is 20.2 Å². The van der Waals surface area contributed by atoms with Crippen molar-refractivity contribution < 1.29 is 10.2 Å². The first-order valence-corrected chi connectivity index (χ1v) is 18.8. The fraction of sp³-hybridized carbons (Fsp3) is 0.312. The maximum atomic E-state index is 11.1. The van der Waals surface area contributed by atoms with E-state index in [1.807, 2.05) is 79.7 Å². The molecule has 0 aliphatic heterocycles. The molecule has 0 aliphatic rings. The molecule has 2 heterocycles. The third-order valence-corrected chi connectivity index (χ3v) is 8.02. The highest BCUT2D eigenvalue weighted by atomic mass is 128. The van der Waals surface area contributed by atoms with E-state index in [1.165, 1.54) is 0 Å². The molecule has 0 spiro atoms. The Bertz CT molecular complexity index is 1380. The molecule has 2 aromatic carbocycles. The van der Waals surface area contributed by atoms with E-state index >= 15 is 0 Å². The zero-order chi connectivity index (χ0) is 28.6. The smallest absolute Gasteiger partial charge is 0.128 e. The molecule has 0 fully saturated rings. The molecule has 0 amide bonds. The highest BCUT2D eigenvalue weighted by molar-refractivity contribution is 15.0. The summed E-state index contributed by atoms with van der Waals surface area (Å²) in [5.74, 6) is 0.562. The third kappa shape index (κ3) is 5.43. The van der Waals surface area contributed by atoms with Crippen molar-refractivity contribution in [2.45, 2.75) is 69.2 Å². The number of benzene rings is 2. The van der Waals surface area contributed by atoms with Crippen LogP contribution in [0.4, 0.5) is 0 Å². The fourth-order valence-electron chi connectivity index (χ4n) is 5.07. The van der Waals surface area contributed by atoms with Gasteiger partial charge in [0.25, 0.3) is 0 Å². The molecule has 0 bridgehead atoms. The van der Waals surface area contributed by atoms with Crippen LogP contribution in [0.5, 0.6) is 11.5 Å². The van der Waals surface area contributed by atoms with Gasteiger partial charge in [0.15, 0.2) is 0 Å². The number of aromatic hydroxyl groups is 2. The molecule has 38 heavy (non-hydrogen) atoms. The van der Waals surface area contributed by atoms with E-state index < -0.39 is 0 Å². The van der Waals surface area contributed by atoms with Crippen molar-refractivity contribution in [1.82, 2.24) is 9.97 Å². The Morgan fingerprint density at radius 2 is 0.684 bits per heavy atom. The molecule has 0 atom stereocenters. The maximum Gasteiger partial charge on any atom is 0.128 e. The average molecular weight is 734 g/mol. The van der Waals surface area contributed by atoms with Crippen molar-refractivity contribution in [1.29, 1.82) is 0 Å². The number of halogens is 2. The predicted molar refractivity (Wildman–Crippen MR) is 177 cm³/mol. The molecule has 4 aromatic rings. The van der Waals surface area contributed by atoms with E-state index in [2.05, 4.69) is 51.1 Å². The fourth-order valence-corrected chi connectivity index (χ4v) is 5.07. The van der Waals surface area contributed by atoms with Gasteiger partial charge in [0.05, 0.1) is 22.8 Å². The Labute approximate surface area is 250 Å². The van der Waals surface area contributed by atoms with Crippen LogP contribution in [0, 0.1) is 69.2 Å². The average Bonchev–Trinajstić information content (AvgIpc) is 2.89. The van der Waals surface area contributed by atoms with Crippen molar-refractivity contribution in [3.63, 3.8) is 0 Å². The van der Waals surface area contributed by atoms with E-state index in [-0.39, 0.29) is 11.5 Å². The van der Waals surface area contributed by atoms with Crippen molar-refractivity contribution >= 4 is 37.2 Å². The first-order valence-electron chi connectivity index (χ1n) is 12.5. The summed E-state index contributed by atoms with van der Waals surface area (Å²) in [4.78, 5) is 9.99. The Kier molecular flexibility index (Phi) is 9.50. The van der Waals surface area contributed by atoms with Crippen LogP contribution in [0.25, 0.3) is 33.9 Å². The molecule has 0 radical (unpaired) electrons. The van der Waals surface area contributed by atoms with Crippen molar-refractivity contribution in [2.24, 2.45) is 0 Å². The summed E-state index contributed by atoms with van der Waals surface area (Å²) < 4.78 is 0. The first kappa shape index (κ1) is 30.3. The molecule has 200 valence electrons. The van der Waals surface area contributed by atoms with Gasteiger partial charge in [0.1, 0.15) is 11.5 Å². The van der Waals surface area contributed by atoms with E-state index in [4.69, 9.17) is 9.97 Å². The summed E-state index contributed by atoms with van der Waals surface area (Å²) in [6, 6.07) is 8.07. The topological polar surface area (TPSA) is 66.2 Å². The number of rotatable bonds is 3. The van der Waals surface area contributed by atoms with Crippen LogP contribution >= 0.6 is 37.2 Å². The lowest BCUT2D eigenvalue weighted by atomic mass is 9.90. The van der Waals surface area contributed by atoms with Crippen LogP contribution in [0.2, 0.25) is 0 Å². The second-order valence-corrected chi connectivity index (χ2v) is 10.3. The SMILES string of the molecule is Cc1cc(-c2cc(C)cc(-c3c(C)c(C)c(C)c(C)c3O)n2)nc(-c2c(C)c(C)c(C)c(C)c2O)c1.II. The molecule has 0 saturated carbocycles. The Hall–Kier alpha value is -2.20. The van der Waals surface area contributed by atoms with Crippen LogP contribution in [0.15, 0.2) is 24.3 Å². The first-order chi connectivity index (χ1) is 17.8. The monoisotopic (exact) mass is 734 g/mol. The van der Waals surface area contributed by atoms with Crippen molar-refractivity contribution in [2.75, 3.05) is 0 Å². The van der Waals surface area contributed by atoms with Crippen LogP contribution in [-0.2, 0) is 0 Å². The lowest BCUT2D eigenvalue weighted by molar-refractivity contribution is 0.471. The predicted octanol–water partition coefficient (Wildman–Crippen LogP) is 9.74. The van der Waals surface area contributed by atoms with Crippen LogP contribution in [0.1, 0.15) is 55.6 Å². The van der Waals surface area contributed by atoms with Gasteiger partial charge in [-0.05, 0) is 149 Å². The number of phenols is 2. The molecular formula is C32H36I2N2O2. The number of hydrogen-bond donors (Lipinski definition) is 2. The van der Waals surface area contributed by atoms with Gasteiger partial charge in [-0.25, -0.2) is 9.97 Å². The minimum atomic E-state index is 0.281. The molecule has 2 aromatic heterocycles. The quantitative estimate of drug-likeness (QED) is 0.206. The molecule has 0 unspecified atom stereocenters. The van der Waals surface area contributed by atoms with Gasteiger partial charge in [-0.1, -0.05) is 0 Å². The Morgan fingerprint density at radius 1 is 0.421 bits per heavy atom. The van der Waals surface area contributed by atoms with Gasteiger partial charge < -0.3 is 10.2 Å². The van der Waals surface area contributed by atoms with E-state index in [0.717, 1.165) is 89.5 Å². The Balaban J connectivity index is 0.00000195. The lowest BCUT2D eigenvalue weighted by Crippen LogP contribution is -2.01. The van der Waals surface area contributed by atoms with Gasteiger partial charge in [0.2, 0.25) is 0 Å². The highest BCUT2D eigenvalue weighted by Crippen LogP contribution is 2.41. The van der Waals surface area contributed by atoms with Crippen LogP contribution < -0.4 is 0 Å². The number of aromatic nitrogens is 2. The minimum absolute atomic E-state index is 0.281. The minimum Gasteiger partial charge on any atom is -0.507 e. The number of pyridine rings is 2. The van der Waals surface area contributed by atoms with Gasteiger partial charge in [-0.3, -0.25) is 0 Å². The third-order valence-electron chi connectivity index (χ3n) is 8.02. The van der Waals surface area contributed by atoms with Gasteiger partial charge in [-0.2, -0.15) is 0 Å². The number of nitrogens with zero attached hydrogens (tertiary/aromatic N) is 2. The zero-order valence-corrected chi connectivity index (χ0v) is 28.2. The molecule has 4 rings (SSSR count).